The molecule has 7 heteroatoms. The van der Waals surface area contributed by atoms with E-state index in [0.29, 0.717) is 16.4 Å². The number of likely N-dealkylation sites (tertiary alicyclic amines) is 1. The predicted octanol–water partition coefficient (Wildman–Crippen LogP) is 3.39. The standard InChI is InChI=1S/C20H22ClN3O3/c1-27-17-10-8-16(9-11-17)23-20(26)18-3-2-12-24(18)13-19(25)22-15-6-4-14(21)5-7-15/h4-11,18H,2-3,12-13H2,1H3,(H,22,25)(H,23,26)/t18-/m0/s1. The summed E-state index contributed by atoms with van der Waals surface area (Å²) in [6.45, 7) is 0.887. The van der Waals surface area contributed by atoms with Crippen molar-refractivity contribution in [1.29, 1.82) is 0 Å². The summed E-state index contributed by atoms with van der Waals surface area (Å²) < 4.78 is 5.12. The van der Waals surface area contributed by atoms with Crippen LogP contribution in [0.2, 0.25) is 5.02 Å². The average Bonchev–Trinajstić information content (AvgIpc) is 3.12. The van der Waals surface area contributed by atoms with Crippen LogP contribution in [0.3, 0.4) is 0 Å². The number of rotatable bonds is 6. The van der Waals surface area contributed by atoms with E-state index in [-0.39, 0.29) is 24.4 Å². The Morgan fingerprint density at radius 2 is 1.70 bits per heavy atom. The van der Waals surface area contributed by atoms with Gasteiger partial charge in [-0.05, 0) is 67.9 Å². The number of benzene rings is 2. The van der Waals surface area contributed by atoms with Gasteiger partial charge in [0.15, 0.2) is 0 Å². The third-order valence-corrected chi connectivity index (χ3v) is 4.75. The van der Waals surface area contributed by atoms with Gasteiger partial charge in [0.1, 0.15) is 5.75 Å². The Balaban J connectivity index is 1.56. The molecule has 27 heavy (non-hydrogen) atoms. The van der Waals surface area contributed by atoms with Crippen molar-refractivity contribution in [2.24, 2.45) is 0 Å². The Kier molecular flexibility index (Phi) is 6.32. The molecule has 3 rings (SSSR count). The Morgan fingerprint density at radius 3 is 2.37 bits per heavy atom. The normalized spacial score (nSPS) is 16.7. The highest BCUT2D eigenvalue weighted by Crippen LogP contribution is 2.21. The zero-order valence-corrected chi connectivity index (χ0v) is 15.8. The number of carbonyl (C=O) groups excluding carboxylic acids is 2. The van der Waals surface area contributed by atoms with E-state index in [1.165, 1.54) is 0 Å². The lowest BCUT2D eigenvalue weighted by Crippen LogP contribution is -2.43. The van der Waals surface area contributed by atoms with Crippen LogP contribution in [0.4, 0.5) is 11.4 Å². The Hall–Kier alpha value is -2.57. The van der Waals surface area contributed by atoms with E-state index < -0.39 is 0 Å². The maximum atomic E-state index is 12.6. The van der Waals surface area contributed by atoms with Gasteiger partial charge in [-0.15, -0.1) is 0 Å². The lowest BCUT2D eigenvalue weighted by Gasteiger charge is -2.23. The molecule has 1 fully saturated rings. The van der Waals surface area contributed by atoms with Crippen molar-refractivity contribution in [2.75, 3.05) is 30.8 Å². The van der Waals surface area contributed by atoms with Crippen molar-refractivity contribution in [2.45, 2.75) is 18.9 Å². The van der Waals surface area contributed by atoms with E-state index in [1.54, 1.807) is 55.6 Å². The first-order valence-corrected chi connectivity index (χ1v) is 9.17. The number of carbonyl (C=O) groups is 2. The van der Waals surface area contributed by atoms with E-state index in [1.807, 2.05) is 4.90 Å². The molecule has 142 valence electrons. The summed E-state index contributed by atoms with van der Waals surface area (Å²) in [5.74, 6) is 0.479. The average molecular weight is 388 g/mol. The second-order valence-corrected chi connectivity index (χ2v) is 6.84. The summed E-state index contributed by atoms with van der Waals surface area (Å²) in [4.78, 5) is 26.9. The van der Waals surface area contributed by atoms with Gasteiger partial charge in [-0.25, -0.2) is 0 Å². The first-order valence-electron chi connectivity index (χ1n) is 8.79. The van der Waals surface area contributed by atoms with Gasteiger partial charge in [0.25, 0.3) is 0 Å². The minimum atomic E-state index is -0.317. The van der Waals surface area contributed by atoms with Crippen LogP contribution in [-0.4, -0.2) is 43.0 Å². The summed E-state index contributed by atoms with van der Waals surface area (Å²) in [6, 6.07) is 13.8. The molecular weight excluding hydrogens is 366 g/mol. The summed E-state index contributed by atoms with van der Waals surface area (Å²) >= 11 is 5.85. The Bertz CT molecular complexity index is 793. The van der Waals surface area contributed by atoms with E-state index in [2.05, 4.69) is 10.6 Å². The van der Waals surface area contributed by atoms with Crippen molar-refractivity contribution in [3.8, 4) is 5.75 Å². The lowest BCUT2D eigenvalue weighted by molar-refractivity contribution is -0.122. The van der Waals surface area contributed by atoms with Crippen molar-refractivity contribution in [3.63, 3.8) is 0 Å². The molecule has 1 heterocycles. The van der Waals surface area contributed by atoms with Gasteiger partial charge in [0, 0.05) is 16.4 Å². The van der Waals surface area contributed by atoms with Crippen LogP contribution in [-0.2, 0) is 9.59 Å². The maximum absolute atomic E-state index is 12.6. The van der Waals surface area contributed by atoms with E-state index >= 15 is 0 Å². The number of ether oxygens (including phenoxy) is 1. The number of nitrogens with zero attached hydrogens (tertiary/aromatic N) is 1. The van der Waals surface area contributed by atoms with Gasteiger partial charge in [0.2, 0.25) is 11.8 Å². The molecule has 1 atom stereocenters. The number of hydrogen-bond donors (Lipinski definition) is 2. The fourth-order valence-corrected chi connectivity index (χ4v) is 3.26. The molecule has 0 aliphatic carbocycles. The van der Waals surface area contributed by atoms with E-state index in [9.17, 15) is 9.59 Å². The highest BCUT2D eigenvalue weighted by molar-refractivity contribution is 6.30. The Labute approximate surface area is 163 Å². The van der Waals surface area contributed by atoms with Crippen LogP contribution in [0, 0.1) is 0 Å². The molecule has 2 aromatic rings. The molecule has 6 nitrogen and oxygen atoms in total. The van der Waals surface area contributed by atoms with Crippen molar-refractivity contribution in [3.05, 3.63) is 53.6 Å². The molecule has 2 N–H and O–H groups in total. The molecule has 0 saturated carbocycles. The first kappa shape index (κ1) is 19.2. The van der Waals surface area contributed by atoms with Crippen LogP contribution in [0.25, 0.3) is 0 Å². The molecule has 0 aromatic heterocycles. The fraction of sp³-hybridized carbons (Fsp3) is 0.300. The van der Waals surface area contributed by atoms with Crippen molar-refractivity contribution >= 4 is 34.8 Å². The molecular formula is C20H22ClN3O3. The molecule has 1 saturated heterocycles. The van der Waals surface area contributed by atoms with E-state index in [4.69, 9.17) is 16.3 Å². The number of anilines is 2. The molecule has 0 bridgehead atoms. The van der Waals surface area contributed by atoms with E-state index in [0.717, 1.165) is 25.1 Å². The Morgan fingerprint density at radius 1 is 1.07 bits per heavy atom. The smallest absolute Gasteiger partial charge is 0.241 e. The largest absolute Gasteiger partial charge is 0.497 e. The number of nitrogens with one attached hydrogen (secondary N) is 2. The number of methoxy groups -OCH3 is 1. The van der Waals surface area contributed by atoms with Crippen LogP contribution in [0.15, 0.2) is 48.5 Å². The number of amides is 2. The minimum Gasteiger partial charge on any atom is -0.497 e. The first-order chi connectivity index (χ1) is 13.0. The topological polar surface area (TPSA) is 70.7 Å². The van der Waals surface area contributed by atoms with Crippen molar-refractivity contribution < 1.29 is 14.3 Å². The van der Waals surface area contributed by atoms with Crippen LogP contribution in [0.5, 0.6) is 5.75 Å². The molecule has 0 radical (unpaired) electrons. The molecule has 2 amide bonds. The third kappa shape index (κ3) is 5.21. The fourth-order valence-electron chi connectivity index (χ4n) is 3.13. The zero-order chi connectivity index (χ0) is 19.2. The minimum absolute atomic E-state index is 0.100. The molecule has 0 spiro atoms. The second kappa shape index (κ2) is 8.88. The molecule has 2 aromatic carbocycles. The highest BCUT2D eigenvalue weighted by atomic mass is 35.5. The molecule has 1 aliphatic rings. The van der Waals surface area contributed by atoms with Gasteiger partial charge < -0.3 is 15.4 Å². The number of hydrogen-bond acceptors (Lipinski definition) is 4. The van der Waals surface area contributed by atoms with Crippen molar-refractivity contribution in [1.82, 2.24) is 4.90 Å². The quantitative estimate of drug-likeness (QED) is 0.797. The predicted molar refractivity (Wildman–Crippen MR) is 106 cm³/mol. The van der Waals surface area contributed by atoms with Crippen LogP contribution in [0.1, 0.15) is 12.8 Å². The van der Waals surface area contributed by atoms with Gasteiger partial charge in [-0.2, -0.15) is 0 Å². The summed E-state index contributed by atoms with van der Waals surface area (Å²) in [5.41, 5.74) is 1.39. The molecule has 1 aliphatic heterocycles. The number of halogens is 1. The monoisotopic (exact) mass is 387 g/mol. The zero-order valence-electron chi connectivity index (χ0n) is 15.1. The van der Waals surface area contributed by atoms with Crippen LogP contribution >= 0.6 is 11.6 Å². The summed E-state index contributed by atoms with van der Waals surface area (Å²) in [7, 11) is 1.60. The van der Waals surface area contributed by atoms with Gasteiger partial charge in [-0.1, -0.05) is 11.6 Å². The van der Waals surface area contributed by atoms with Crippen LogP contribution < -0.4 is 15.4 Å². The third-order valence-electron chi connectivity index (χ3n) is 4.50. The SMILES string of the molecule is COc1ccc(NC(=O)[C@@H]2CCCN2CC(=O)Nc2ccc(Cl)cc2)cc1. The highest BCUT2D eigenvalue weighted by Gasteiger charge is 2.31. The summed E-state index contributed by atoms with van der Waals surface area (Å²) in [5, 5.41) is 6.36. The summed E-state index contributed by atoms with van der Waals surface area (Å²) in [6.07, 6.45) is 1.62. The second-order valence-electron chi connectivity index (χ2n) is 6.40. The maximum Gasteiger partial charge on any atom is 0.241 e. The lowest BCUT2D eigenvalue weighted by atomic mass is 10.2. The van der Waals surface area contributed by atoms with Gasteiger partial charge >= 0.3 is 0 Å². The molecule has 0 unspecified atom stereocenters. The van der Waals surface area contributed by atoms with Gasteiger partial charge in [-0.3, -0.25) is 14.5 Å². The van der Waals surface area contributed by atoms with Gasteiger partial charge in [0.05, 0.1) is 19.7 Å².